The Bertz CT molecular complexity index is 793. The normalized spacial score (nSPS) is 21.9. The first-order chi connectivity index (χ1) is 13.4. The molecule has 0 radical (unpaired) electrons. The second-order valence-electron chi connectivity index (χ2n) is 8.79. The van der Waals surface area contributed by atoms with Crippen LogP contribution in [0.1, 0.15) is 57.2 Å². The molecule has 0 bridgehead atoms. The van der Waals surface area contributed by atoms with Gasteiger partial charge in [0.2, 0.25) is 11.8 Å². The average Bonchev–Trinajstić information content (AvgIpc) is 3.51. The minimum Gasteiger partial charge on any atom is -0.342 e. The zero-order valence-electron chi connectivity index (χ0n) is 17.0. The zero-order valence-corrected chi connectivity index (χ0v) is 17.0. The summed E-state index contributed by atoms with van der Waals surface area (Å²) in [5.74, 6) is 2.08. The predicted octanol–water partition coefficient (Wildman–Crippen LogP) is 0.956. The zero-order chi connectivity index (χ0) is 19.8. The van der Waals surface area contributed by atoms with Crippen molar-refractivity contribution in [2.45, 2.75) is 57.9 Å². The van der Waals surface area contributed by atoms with Crippen LogP contribution in [0.15, 0.2) is 4.79 Å². The highest BCUT2D eigenvalue weighted by Crippen LogP contribution is 2.33. The molecule has 0 atom stereocenters. The van der Waals surface area contributed by atoms with Crippen LogP contribution in [0.3, 0.4) is 0 Å². The maximum atomic E-state index is 12.6. The summed E-state index contributed by atoms with van der Waals surface area (Å²) < 4.78 is 2.89. The van der Waals surface area contributed by atoms with Gasteiger partial charge in [-0.05, 0) is 44.4 Å². The number of hydrogen-bond donors (Lipinski definition) is 0. The Morgan fingerprint density at radius 3 is 2.18 bits per heavy atom. The van der Waals surface area contributed by atoms with Crippen LogP contribution in [0.25, 0.3) is 0 Å². The molecular formula is C20H31N5O3. The van der Waals surface area contributed by atoms with Crippen molar-refractivity contribution in [3.05, 3.63) is 16.3 Å². The second-order valence-corrected chi connectivity index (χ2v) is 8.79. The summed E-state index contributed by atoms with van der Waals surface area (Å²) in [6.45, 7) is 5.21. The van der Waals surface area contributed by atoms with Crippen LogP contribution in [0.5, 0.6) is 0 Å². The van der Waals surface area contributed by atoms with E-state index in [0.717, 1.165) is 70.5 Å². The molecule has 2 amide bonds. The lowest BCUT2D eigenvalue weighted by molar-refractivity contribution is -0.134. The van der Waals surface area contributed by atoms with Gasteiger partial charge in [-0.2, -0.15) is 5.10 Å². The summed E-state index contributed by atoms with van der Waals surface area (Å²) in [5.41, 5.74) is -0.231. The lowest BCUT2D eigenvalue weighted by atomic mass is 9.95. The highest BCUT2D eigenvalue weighted by molar-refractivity contribution is 5.81. The van der Waals surface area contributed by atoms with Gasteiger partial charge >= 0.3 is 5.69 Å². The van der Waals surface area contributed by atoms with Gasteiger partial charge in [-0.25, -0.2) is 9.48 Å². The molecule has 154 valence electrons. The Hall–Kier alpha value is -2.12. The van der Waals surface area contributed by atoms with E-state index in [1.54, 1.807) is 11.6 Å². The Labute approximate surface area is 165 Å². The number of nitrogens with zero attached hydrogens (tertiary/aromatic N) is 5. The van der Waals surface area contributed by atoms with Crippen LogP contribution >= 0.6 is 0 Å². The van der Waals surface area contributed by atoms with Crippen LogP contribution in [-0.4, -0.2) is 62.1 Å². The number of aromatic nitrogens is 3. The minimum absolute atomic E-state index is 0.0140. The van der Waals surface area contributed by atoms with E-state index in [4.69, 9.17) is 0 Å². The van der Waals surface area contributed by atoms with Crippen molar-refractivity contribution >= 4 is 11.8 Å². The fraction of sp³-hybridized carbons (Fsp3) is 0.800. The molecule has 4 rings (SSSR count). The highest BCUT2D eigenvalue weighted by atomic mass is 16.2. The van der Waals surface area contributed by atoms with Crippen molar-refractivity contribution in [1.29, 1.82) is 0 Å². The van der Waals surface area contributed by atoms with Crippen LogP contribution in [0.4, 0.5) is 0 Å². The molecule has 8 heteroatoms. The maximum Gasteiger partial charge on any atom is 0.346 e. The molecule has 1 aromatic rings. The Morgan fingerprint density at radius 2 is 1.57 bits per heavy atom. The van der Waals surface area contributed by atoms with Gasteiger partial charge in [0.25, 0.3) is 0 Å². The molecule has 0 unspecified atom stereocenters. The molecule has 2 aliphatic heterocycles. The van der Waals surface area contributed by atoms with Crippen molar-refractivity contribution in [3.8, 4) is 0 Å². The van der Waals surface area contributed by atoms with Crippen LogP contribution in [-0.2, 0) is 23.2 Å². The van der Waals surface area contributed by atoms with E-state index >= 15 is 0 Å². The third kappa shape index (κ3) is 3.86. The summed E-state index contributed by atoms with van der Waals surface area (Å²) in [6, 6.07) is 0. The van der Waals surface area contributed by atoms with Crippen molar-refractivity contribution in [2.75, 3.05) is 26.2 Å². The molecule has 28 heavy (non-hydrogen) atoms. The third-order valence-corrected chi connectivity index (χ3v) is 6.59. The van der Waals surface area contributed by atoms with E-state index in [9.17, 15) is 14.4 Å². The minimum atomic E-state index is -0.231. The van der Waals surface area contributed by atoms with Crippen LogP contribution < -0.4 is 5.69 Å². The molecule has 8 nitrogen and oxygen atoms in total. The van der Waals surface area contributed by atoms with E-state index in [1.807, 2.05) is 9.80 Å². The van der Waals surface area contributed by atoms with Gasteiger partial charge in [-0.1, -0.05) is 6.92 Å². The van der Waals surface area contributed by atoms with E-state index in [1.165, 1.54) is 4.68 Å². The van der Waals surface area contributed by atoms with Crippen LogP contribution in [0.2, 0.25) is 0 Å². The summed E-state index contributed by atoms with van der Waals surface area (Å²) in [5, 5.41) is 4.52. The molecule has 0 N–H and O–H groups in total. The molecular weight excluding hydrogens is 358 g/mol. The quantitative estimate of drug-likeness (QED) is 0.768. The molecule has 3 aliphatic rings. The molecule has 1 aliphatic carbocycles. The number of amides is 2. The van der Waals surface area contributed by atoms with Crippen molar-refractivity contribution < 1.29 is 9.59 Å². The fourth-order valence-electron chi connectivity index (χ4n) is 4.40. The molecule has 1 aromatic heterocycles. The van der Waals surface area contributed by atoms with E-state index in [-0.39, 0.29) is 30.0 Å². The van der Waals surface area contributed by atoms with Gasteiger partial charge in [-0.3, -0.25) is 14.2 Å². The Kier molecular flexibility index (Phi) is 5.29. The monoisotopic (exact) mass is 389 g/mol. The van der Waals surface area contributed by atoms with Crippen molar-refractivity contribution in [3.63, 3.8) is 0 Å². The van der Waals surface area contributed by atoms with Gasteiger partial charge in [0.1, 0.15) is 12.4 Å². The number of likely N-dealkylation sites (tertiary alicyclic amines) is 2. The average molecular weight is 390 g/mol. The number of piperidine rings is 2. The lowest BCUT2D eigenvalue weighted by Gasteiger charge is -2.31. The maximum absolute atomic E-state index is 12.6. The van der Waals surface area contributed by atoms with E-state index < -0.39 is 0 Å². The highest BCUT2D eigenvalue weighted by Gasteiger charge is 2.36. The summed E-state index contributed by atoms with van der Waals surface area (Å²) in [4.78, 5) is 41.2. The van der Waals surface area contributed by atoms with Gasteiger partial charge in [0.05, 0.1) is 0 Å². The predicted molar refractivity (Wildman–Crippen MR) is 104 cm³/mol. The molecule has 0 aromatic carbocycles. The van der Waals surface area contributed by atoms with Crippen molar-refractivity contribution in [1.82, 2.24) is 24.1 Å². The van der Waals surface area contributed by atoms with E-state index in [0.29, 0.717) is 11.8 Å². The first-order valence-corrected chi connectivity index (χ1v) is 10.6. The summed E-state index contributed by atoms with van der Waals surface area (Å²) >= 11 is 0. The van der Waals surface area contributed by atoms with Gasteiger partial charge < -0.3 is 9.80 Å². The Balaban J connectivity index is 1.39. The van der Waals surface area contributed by atoms with Crippen LogP contribution in [0, 0.1) is 11.8 Å². The van der Waals surface area contributed by atoms with Crippen molar-refractivity contribution in [2.24, 2.45) is 18.9 Å². The topological polar surface area (TPSA) is 80.4 Å². The molecule has 3 fully saturated rings. The molecule has 3 heterocycles. The third-order valence-electron chi connectivity index (χ3n) is 6.59. The number of hydrogen-bond acceptors (Lipinski definition) is 4. The Morgan fingerprint density at radius 1 is 0.964 bits per heavy atom. The molecule has 0 spiro atoms. The smallest absolute Gasteiger partial charge is 0.342 e. The lowest BCUT2D eigenvalue weighted by Crippen LogP contribution is -2.41. The summed E-state index contributed by atoms with van der Waals surface area (Å²) in [7, 11) is 1.73. The first kappa shape index (κ1) is 19.2. The first-order valence-electron chi connectivity index (χ1n) is 10.6. The largest absolute Gasteiger partial charge is 0.346 e. The number of carbonyl (C=O) groups excluding carboxylic acids is 2. The molecule has 2 saturated heterocycles. The summed E-state index contributed by atoms with van der Waals surface area (Å²) in [6.07, 6.45) is 5.74. The van der Waals surface area contributed by atoms with Gasteiger partial charge in [-0.15, -0.1) is 0 Å². The SMILES string of the molecule is CC1CCN(C(=O)Cn2nc(C3CCN(C(=O)C4CC4)CC3)n(C)c2=O)CC1. The number of rotatable bonds is 4. The standard InChI is InChI=1S/C20H31N5O3/c1-14-5-9-23(10-6-14)17(26)13-25-20(28)22(2)18(21-25)15-7-11-24(12-8-15)19(27)16-3-4-16/h14-16H,3-13H2,1-2H3. The fourth-order valence-corrected chi connectivity index (χ4v) is 4.40. The second kappa shape index (κ2) is 7.72. The van der Waals surface area contributed by atoms with Gasteiger partial charge in [0, 0.05) is 45.1 Å². The number of carbonyl (C=O) groups is 2. The molecule has 1 saturated carbocycles. The van der Waals surface area contributed by atoms with E-state index in [2.05, 4.69) is 12.0 Å². The van der Waals surface area contributed by atoms with Gasteiger partial charge in [0.15, 0.2) is 0 Å².